The maximum atomic E-state index is 11.0. The van der Waals surface area contributed by atoms with Crippen molar-refractivity contribution in [2.45, 2.75) is 50.4 Å². The molecule has 2 aliphatic carbocycles. The Kier molecular flexibility index (Phi) is 5.65. The number of carboxylic acids is 2. The van der Waals surface area contributed by atoms with Gasteiger partial charge in [0, 0.05) is 31.7 Å². The average Bonchev–Trinajstić information content (AvgIpc) is 3.15. The highest BCUT2D eigenvalue weighted by Gasteiger charge is 2.29. The van der Waals surface area contributed by atoms with Crippen LogP contribution in [0.2, 0.25) is 5.15 Å². The van der Waals surface area contributed by atoms with Gasteiger partial charge >= 0.3 is 11.9 Å². The third-order valence-electron chi connectivity index (χ3n) is 5.73. The van der Waals surface area contributed by atoms with E-state index < -0.39 is 11.9 Å². The fraction of sp³-hybridized carbons (Fsp3) is 0.500. The smallest absolute Gasteiger partial charge is 0.311 e. The van der Waals surface area contributed by atoms with Crippen LogP contribution in [0.1, 0.15) is 60.0 Å². The molecule has 2 unspecified atom stereocenters. The van der Waals surface area contributed by atoms with Gasteiger partial charge < -0.3 is 19.3 Å². The van der Waals surface area contributed by atoms with Crippen molar-refractivity contribution in [2.24, 2.45) is 14.1 Å². The molecule has 2 atom stereocenters. The Morgan fingerprint density at radius 3 is 2.15 bits per heavy atom. The van der Waals surface area contributed by atoms with Crippen LogP contribution >= 0.6 is 11.6 Å². The molecule has 2 aliphatic rings. The molecule has 0 saturated heterocycles. The van der Waals surface area contributed by atoms with Crippen molar-refractivity contribution in [1.82, 2.24) is 9.13 Å². The maximum Gasteiger partial charge on any atom is 0.311 e. The summed E-state index contributed by atoms with van der Waals surface area (Å²) in [6.07, 6.45) is 7.33. The van der Waals surface area contributed by atoms with Crippen molar-refractivity contribution >= 4 is 23.5 Å². The SMILES string of the molecule is Cn1c(Cl)cc2c1CCCC2C(=O)O.Cn1ccc2c1CCCC2C(=O)O. The first-order chi connectivity index (χ1) is 12.8. The Morgan fingerprint density at radius 1 is 1.00 bits per heavy atom. The van der Waals surface area contributed by atoms with Gasteiger partial charge in [0.1, 0.15) is 5.15 Å². The number of carbonyl (C=O) groups is 2. The minimum Gasteiger partial charge on any atom is -0.481 e. The number of aromatic nitrogens is 2. The molecule has 2 aromatic rings. The van der Waals surface area contributed by atoms with Gasteiger partial charge in [-0.1, -0.05) is 11.6 Å². The predicted molar refractivity (Wildman–Crippen MR) is 102 cm³/mol. The van der Waals surface area contributed by atoms with Crippen LogP contribution in [-0.4, -0.2) is 31.3 Å². The second kappa shape index (κ2) is 7.80. The summed E-state index contributed by atoms with van der Waals surface area (Å²) in [5, 5.41) is 18.6. The second-order valence-corrected chi connectivity index (χ2v) is 7.71. The van der Waals surface area contributed by atoms with E-state index in [0.717, 1.165) is 55.3 Å². The highest BCUT2D eigenvalue weighted by molar-refractivity contribution is 6.29. The molecule has 0 aliphatic heterocycles. The van der Waals surface area contributed by atoms with E-state index in [-0.39, 0.29) is 11.8 Å². The molecule has 27 heavy (non-hydrogen) atoms. The highest BCUT2D eigenvalue weighted by atomic mass is 35.5. The Hall–Kier alpha value is -2.21. The van der Waals surface area contributed by atoms with Crippen LogP contribution in [-0.2, 0) is 36.5 Å². The van der Waals surface area contributed by atoms with Gasteiger partial charge in [-0.3, -0.25) is 9.59 Å². The third kappa shape index (κ3) is 3.76. The quantitative estimate of drug-likeness (QED) is 0.815. The van der Waals surface area contributed by atoms with Gasteiger partial charge in [0.2, 0.25) is 0 Å². The number of aryl methyl sites for hydroxylation is 1. The maximum absolute atomic E-state index is 11.0. The van der Waals surface area contributed by atoms with Crippen molar-refractivity contribution in [2.75, 3.05) is 0 Å². The normalized spacial score (nSPS) is 20.9. The number of hydrogen-bond donors (Lipinski definition) is 2. The zero-order valence-electron chi connectivity index (χ0n) is 15.6. The summed E-state index contributed by atoms with van der Waals surface area (Å²) in [4.78, 5) is 21.9. The van der Waals surface area contributed by atoms with E-state index in [0.29, 0.717) is 5.15 Å². The minimum atomic E-state index is -0.742. The molecule has 0 fully saturated rings. The number of carboxylic acid groups (broad SMARTS) is 2. The van der Waals surface area contributed by atoms with Crippen molar-refractivity contribution < 1.29 is 19.8 Å². The zero-order valence-corrected chi connectivity index (χ0v) is 16.4. The van der Waals surface area contributed by atoms with E-state index >= 15 is 0 Å². The Morgan fingerprint density at radius 2 is 1.56 bits per heavy atom. The number of aliphatic carboxylic acids is 2. The summed E-state index contributed by atoms with van der Waals surface area (Å²) >= 11 is 5.96. The van der Waals surface area contributed by atoms with Crippen LogP contribution in [0.5, 0.6) is 0 Å². The average molecular weight is 393 g/mol. The molecule has 4 rings (SSSR count). The van der Waals surface area contributed by atoms with Crippen molar-refractivity contribution in [3.05, 3.63) is 46.0 Å². The fourth-order valence-corrected chi connectivity index (χ4v) is 4.46. The van der Waals surface area contributed by atoms with Crippen LogP contribution in [0.25, 0.3) is 0 Å². The lowest BCUT2D eigenvalue weighted by Crippen LogP contribution is -2.18. The summed E-state index contributed by atoms with van der Waals surface area (Å²) in [7, 11) is 3.86. The van der Waals surface area contributed by atoms with Crippen LogP contribution in [0.15, 0.2) is 18.3 Å². The lowest BCUT2D eigenvalue weighted by Gasteiger charge is -2.19. The minimum absolute atomic E-state index is 0.273. The Labute approximate surface area is 163 Å². The molecular weight excluding hydrogens is 368 g/mol. The first-order valence-corrected chi connectivity index (χ1v) is 9.62. The van der Waals surface area contributed by atoms with Crippen molar-refractivity contribution in [1.29, 1.82) is 0 Å². The highest BCUT2D eigenvalue weighted by Crippen LogP contribution is 2.35. The van der Waals surface area contributed by atoms with E-state index in [2.05, 4.69) is 0 Å². The summed E-state index contributed by atoms with van der Waals surface area (Å²) < 4.78 is 3.91. The second-order valence-electron chi connectivity index (χ2n) is 7.32. The summed E-state index contributed by atoms with van der Waals surface area (Å²) in [5.74, 6) is -2.07. The number of halogens is 1. The van der Waals surface area contributed by atoms with Gasteiger partial charge in [-0.25, -0.2) is 0 Å². The van der Waals surface area contributed by atoms with Gasteiger partial charge in [0.05, 0.1) is 11.8 Å². The van der Waals surface area contributed by atoms with E-state index in [1.807, 2.05) is 35.5 Å². The Bertz CT molecular complexity index is 868. The summed E-state index contributed by atoms with van der Waals surface area (Å²) in [6.45, 7) is 0. The van der Waals surface area contributed by atoms with Crippen molar-refractivity contribution in [3.63, 3.8) is 0 Å². The van der Waals surface area contributed by atoms with E-state index in [1.54, 1.807) is 6.07 Å². The van der Waals surface area contributed by atoms with Crippen molar-refractivity contribution in [3.8, 4) is 0 Å². The largest absolute Gasteiger partial charge is 0.481 e. The zero-order chi connectivity index (χ0) is 19.7. The lowest BCUT2D eigenvalue weighted by molar-refractivity contribution is -0.140. The first kappa shape index (κ1) is 19.5. The molecule has 2 heterocycles. The topological polar surface area (TPSA) is 84.5 Å². The molecule has 0 bridgehead atoms. The third-order valence-corrected chi connectivity index (χ3v) is 6.09. The molecule has 0 radical (unpaired) electrons. The monoisotopic (exact) mass is 392 g/mol. The van der Waals surface area contributed by atoms with Crippen LogP contribution in [0.4, 0.5) is 0 Å². The number of rotatable bonds is 2. The number of hydrogen-bond acceptors (Lipinski definition) is 2. The van der Waals surface area contributed by atoms with Gasteiger partial charge in [-0.2, -0.15) is 0 Å². The van der Waals surface area contributed by atoms with E-state index in [4.69, 9.17) is 21.8 Å². The molecule has 0 spiro atoms. The Balaban J connectivity index is 0.000000156. The molecule has 2 N–H and O–H groups in total. The molecule has 6 nitrogen and oxygen atoms in total. The lowest BCUT2D eigenvalue weighted by atomic mass is 9.87. The molecule has 0 aromatic carbocycles. The fourth-order valence-electron chi connectivity index (χ4n) is 4.24. The number of nitrogens with zero attached hydrogens (tertiary/aromatic N) is 2. The summed E-state index contributed by atoms with van der Waals surface area (Å²) in [5.41, 5.74) is 4.19. The van der Waals surface area contributed by atoms with Gasteiger partial charge in [-0.15, -0.1) is 0 Å². The predicted octanol–water partition coefficient (Wildman–Crippen LogP) is 3.71. The van der Waals surface area contributed by atoms with Gasteiger partial charge in [0.25, 0.3) is 0 Å². The van der Waals surface area contributed by atoms with Gasteiger partial charge in [-0.05, 0) is 61.8 Å². The molecule has 7 heteroatoms. The number of fused-ring (bicyclic) bond motifs is 2. The molecule has 0 saturated carbocycles. The van der Waals surface area contributed by atoms with E-state index in [9.17, 15) is 9.59 Å². The van der Waals surface area contributed by atoms with Crippen LogP contribution in [0.3, 0.4) is 0 Å². The molecule has 146 valence electrons. The molecular formula is C20H25ClN2O4. The summed E-state index contributed by atoms with van der Waals surface area (Å²) in [6, 6.07) is 3.72. The molecule has 0 amide bonds. The standard InChI is InChI=1S/C10H12ClNO2.C10H13NO2/c1-12-8-4-2-3-6(10(13)14)7(8)5-9(12)11;1-11-6-5-7-8(10(12)13)3-2-4-9(7)11/h5-6H,2-4H2,1H3,(H,13,14);5-6,8H,2-4H2,1H3,(H,12,13). The first-order valence-electron chi connectivity index (χ1n) is 9.25. The van der Waals surface area contributed by atoms with Gasteiger partial charge in [0.15, 0.2) is 0 Å². The van der Waals surface area contributed by atoms with Crippen LogP contribution in [0, 0.1) is 0 Å². The van der Waals surface area contributed by atoms with Crippen LogP contribution < -0.4 is 0 Å². The molecule has 2 aromatic heterocycles. The van der Waals surface area contributed by atoms with E-state index in [1.165, 1.54) is 5.69 Å².